The summed E-state index contributed by atoms with van der Waals surface area (Å²) in [6.07, 6.45) is 2.00. The second kappa shape index (κ2) is 7.51. The molecule has 31 heavy (non-hydrogen) atoms. The molecule has 0 saturated heterocycles. The van der Waals surface area contributed by atoms with Crippen LogP contribution in [0.3, 0.4) is 0 Å². The number of hydrogen-bond acceptors (Lipinski definition) is 6. The van der Waals surface area contributed by atoms with Gasteiger partial charge in [0, 0.05) is 45.2 Å². The number of carbonyl (C=O) groups excluding carboxylic acids is 1. The summed E-state index contributed by atoms with van der Waals surface area (Å²) in [5, 5.41) is 20.7. The van der Waals surface area contributed by atoms with Crippen LogP contribution in [0.5, 0.6) is 0 Å². The quantitative estimate of drug-likeness (QED) is 0.281. The topological polar surface area (TPSA) is 113 Å². The third-order valence-electron chi connectivity index (χ3n) is 5.27. The number of aromatic amines is 1. The zero-order chi connectivity index (χ0) is 21.5. The van der Waals surface area contributed by atoms with Gasteiger partial charge in [-0.25, -0.2) is 4.98 Å². The summed E-state index contributed by atoms with van der Waals surface area (Å²) in [7, 11) is 0. The van der Waals surface area contributed by atoms with Gasteiger partial charge in [-0.1, -0.05) is 18.2 Å². The smallest absolute Gasteiger partial charge is 0.293 e. The van der Waals surface area contributed by atoms with Gasteiger partial charge in [-0.05, 0) is 38.0 Å². The van der Waals surface area contributed by atoms with Crippen molar-refractivity contribution >= 4 is 44.7 Å². The maximum absolute atomic E-state index is 12.7. The SMILES string of the molecule is Cc1[nH]c2ccccc2c1-c1csc(NC(=O)c2ccc(NC3CC3)c([N+](=O)[O-])c2)n1. The van der Waals surface area contributed by atoms with Crippen LogP contribution in [0.25, 0.3) is 22.2 Å². The Balaban J connectivity index is 1.39. The van der Waals surface area contributed by atoms with E-state index in [0.717, 1.165) is 40.7 Å². The van der Waals surface area contributed by atoms with Gasteiger partial charge in [0.15, 0.2) is 5.13 Å². The maximum atomic E-state index is 12.7. The zero-order valence-electron chi connectivity index (χ0n) is 16.6. The van der Waals surface area contributed by atoms with Crippen molar-refractivity contribution in [3.63, 3.8) is 0 Å². The Morgan fingerprint density at radius 2 is 2.06 bits per heavy atom. The van der Waals surface area contributed by atoms with Crippen LogP contribution in [-0.4, -0.2) is 26.8 Å². The first kappa shape index (κ1) is 19.3. The molecule has 0 bridgehead atoms. The van der Waals surface area contributed by atoms with Crippen molar-refractivity contribution in [2.24, 2.45) is 0 Å². The average molecular weight is 433 g/mol. The summed E-state index contributed by atoms with van der Waals surface area (Å²) in [5.74, 6) is -0.433. The number of para-hydroxylation sites is 1. The fourth-order valence-corrected chi connectivity index (χ4v) is 4.31. The highest BCUT2D eigenvalue weighted by molar-refractivity contribution is 7.14. The van der Waals surface area contributed by atoms with Crippen molar-refractivity contribution in [3.05, 3.63) is 69.2 Å². The standard InChI is InChI=1S/C22H19N5O3S/c1-12-20(15-4-2-3-5-16(15)23-12)18-11-31-22(25-18)26-21(28)13-6-9-17(24-14-7-8-14)19(10-13)27(29)30/h2-6,9-11,14,23-24H,7-8H2,1H3,(H,25,26,28). The number of aromatic nitrogens is 2. The number of nitrogens with one attached hydrogen (secondary N) is 3. The summed E-state index contributed by atoms with van der Waals surface area (Å²) in [4.78, 5) is 31.6. The number of nitrogens with zero attached hydrogens (tertiary/aromatic N) is 2. The third-order valence-corrected chi connectivity index (χ3v) is 6.03. The Morgan fingerprint density at radius 1 is 1.26 bits per heavy atom. The van der Waals surface area contributed by atoms with Gasteiger partial charge >= 0.3 is 0 Å². The van der Waals surface area contributed by atoms with Crippen LogP contribution in [-0.2, 0) is 0 Å². The predicted molar refractivity (Wildman–Crippen MR) is 122 cm³/mol. The minimum absolute atomic E-state index is 0.103. The van der Waals surface area contributed by atoms with E-state index < -0.39 is 10.8 Å². The number of rotatable bonds is 6. The van der Waals surface area contributed by atoms with Crippen molar-refractivity contribution in [1.82, 2.24) is 9.97 Å². The van der Waals surface area contributed by atoms with Crippen LogP contribution in [0.2, 0.25) is 0 Å². The van der Waals surface area contributed by atoms with E-state index in [1.54, 1.807) is 12.1 Å². The van der Waals surface area contributed by atoms with Crippen LogP contribution in [0.15, 0.2) is 47.8 Å². The highest BCUT2D eigenvalue weighted by atomic mass is 32.1. The summed E-state index contributed by atoms with van der Waals surface area (Å²) >= 11 is 1.32. The van der Waals surface area contributed by atoms with Gasteiger partial charge in [0.1, 0.15) is 5.69 Å². The summed E-state index contributed by atoms with van der Waals surface area (Å²) in [6.45, 7) is 1.99. The van der Waals surface area contributed by atoms with E-state index in [1.807, 2.05) is 36.6 Å². The van der Waals surface area contributed by atoms with Crippen LogP contribution in [0.4, 0.5) is 16.5 Å². The van der Waals surface area contributed by atoms with Gasteiger partial charge in [-0.2, -0.15) is 0 Å². The number of hydrogen-bond donors (Lipinski definition) is 3. The molecule has 0 radical (unpaired) electrons. The van der Waals surface area contributed by atoms with E-state index in [4.69, 9.17) is 0 Å². The Morgan fingerprint density at radius 3 is 2.84 bits per heavy atom. The minimum Gasteiger partial charge on any atom is -0.377 e. The maximum Gasteiger partial charge on any atom is 0.293 e. The number of H-pyrrole nitrogens is 1. The Bertz CT molecular complexity index is 1320. The van der Waals surface area contributed by atoms with Crippen LogP contribution in [0.1, 0.15) is 28.9 Å². The predicted octanol–water partition coefficient (Wildman–Crippen LogP) is 5.33. The number of thiazole rings is 1. The molecule has 1 fully saturated rings. The second-order valence-electron chi connectivity index (χ2n) is 7.57. The van der Waals surface area contributed by atoms with E-state index in [-0.39, 0.29) is 17.3 Å². The molecule has 1 aliphatic rings. The molecule has 5 rings (SSSR count). The highest BCUT2D eigenvalue weighted by Crippen LogP contribution is 2.35. The number of benzene rings is 2. The van der Waals surface area contributed by atoms with E-state index in [9.17, 15) is 14.9 Å². The van der Waals surface area contributed by atoms with Crippen molar-refractivity contribution < 1.29 is 9.72 Å². The van der Waals surface area contributed by atoms with Gasteiger partial charge in [0.2, 0.25) is 0 Å². The molecular weight excluding hydrogens is 414 g/mol. The van der Waals surface area contributed by atoms with Crippen molar-refractivity contribution in [2.75, 3.05) is 10.6 Å². The largest absolute Gasteiger partial charge is 0.377 e. The second-order valence-corrected chi connectivity index (χ2v) is 8.43. The summed E-state index contributed by atoms with van der Waals surface area (Å²) in [5.41, 5.74) is 4.35. The zero-order valence-corrected chi connectivity index (χ0v) is 17.5. The monoisotopic (exact) mass is 433 g/mol. The van der Waals surface area contributed by atoms with E-state index in [1.165, 1.54) is 17.4 Å². The molecule has 1 amide bonds. The van der Waals surface area contributed by atoms with E-state index in [2.05, 4.69) is 20.6 Å². The van der Waals surface area contributed by atoms with Gasteiger partial charge in [-0.3, -0.25) is 20.2 Å². The molecular formula is C22H19N5O3S. The lowest BCUT2D eigenvalue weighted by molar-refractivity contribution is -0.384. The van der Waals surface area contributed by atoms with E-state index in [0.29, 0.717) is 10.8 Å². The Kier molecular flexibility index (Phi) is 4.67. The first-order valence-electron chi connectivity index (χ1n) is 9.89. The lowest BCUT2D eigenvalue weighted by Gasteiger charge is -2.07. The van der Waals surface area contributed by atoms with Crippen molar-refractivity contribution in [2.45, 2.75) is 25.8 Å². The fourth-order valence-electron chi connectivity index (χ4n) is 3.62. The molecule has 3 N–H and O–H groups in total. The lowest BCUT2D eigenvalue weighted by Crippen LogP contribution is -2.13. The molecule has 4 aromatic rings. The Hall–Kier alpha value is -3.72. The number of fused-ring (bicyclic) bond motifs is 1. The molecule has 8 nitrogen and oxygen atoms in total. The average Bonchev–Trinajstić information content (AvgIpc) is 3.34. The van der Waals surface area contributed by atoms with Crippen LogP contribution < -0.4 is 10.6 Å². The minimum atomic E-state index is -0.469. The number of amides is 1. The van der Waals surface area contributed by atoms with Crippen LogP contribution in [0, 0.1) is 17.0 Å². The molecule has 1 saturated carbocycles. The number of anilines is 2. The first-order chi connectivity index (χ1) is 15.0. The molecule has 2 aromatic heterocycles. The number of aryl methyl sites for hydroxylation is 1. The molecule has 9 heteroatoms. The van der Waals surface area contributed by atoms with Crippen LogP contribution >= 0.6 is 11.3 Å². The first-order valence-corrected chi connectivity index (χ1v) is 10.8. The Labute approximate surface area is 181 Å². The molecule has 0 unspecified atom stereocenters. The molecule has 1 aliphatic carbocycles. The van der Waals surface area contributed by atoms with E-state index >= 15 is 0 Å². The molecule has 2 aromatic carbocycles. The molecule has 0 atom stereocenters. The molecule has 0 aliphatic heterocycles. The van der Waals surface area contributed by atoms with Gasteiger partial charge in [0.05, 0.1) is 10.6 Å². The normalized spacial score (nSPS) is 13.3. The number of carbonyl (C=O) groups is 1. The fraction of sp³-hybridized carbons (Fsp3) is 0.182. The van der Waals surface area contributed by atoms with Gasteiger partial charge in [0.25, 0.3) is 11.6 Å². The highest BCUT2D eigenvalue weighted by Gasteiger charge is 2.26. The molecule has 156 valence electrons. The molecule has 0 spiro atoms. The molecule has 2 heterocycles. The third kappa shape index (κ3) is 3.75. The van der Waals surface area contributed by atoms with Crippen molar-refractivity contribution in [1.29, 1.82) is 0 Å². The van der Waals surface area contributed by atoms with Gasteiger partial charge in [-0.15, -0.1) is 11.3 Å². The van der Waals surface area contributed by atoms with Crippen molar-refractivity contribution in [3.8, 4) is 11.3 Å². The summed E-state index contributed by atoms with van der Waals surface area (Å²) in [6, 6.07) is 12.7. The lowest BCUT2D eigenvalue weighted by atomic mass is 10.1. The van der Waals surface area contributed by atoms with Gasteiger partial charge < -0.3 is 10.3 Å². The summed E-state index contributed by atoms with van der Waals surface area (Å²) < 4.78 is 0. The number of nitro groups is 1. The number of nitro benzene ring substituents is 1.